The molecule has 1 heterocycles. The van der Waals surface area contributed by atoms with Crippen molar-refractivity contribution >= 4 is 23.8 Å². The van der Waals surface area contributed by atoms with Crippen molar-refractivity contribution in [2.24, 2.45) is 10.8 Å². The molecule has 0 aromatic carbocycles. The highest BCUT2D eigenvalue weighted by molar-refractivity contribution is 6.01. The normalized spacial score (nSPS) is 32.0. The molecule has 2 rings (SSSR count). The lowest BCUT2D eigenvalue weighted by Crippen LogP contribution is -2.44. The molecule has 0 N–H and O–H groups in total. The third kappa shape index (κ3) is 2.84. The van der Waals surface area contributed by atoms with Crippen molar-refractivity contribution in [3.05, 3.63) is 0 Å². The molecule has 0 unspecified atom stereocenters. The zero-order chi connectivity index (χ0) is 16.5. The average molecular weight is 311 g/mol. The van der Waals surface area contributed by atoms with Gasteiger partial charge in [-0.15, -0.1) is 5.06 Å². The minimum absolute atomic E-state index is 0.0727. The summed E-state index contributed by atoms with van der Waals surface area (Å²) in [6, 6.07) is 0. The van der Waals surface area contributed by atoms with Gasteiger partial charge in [-0.2, -0.15) is 0 Å². The number of methoxy groups -OCH3 is 1. The van der Waals surface area contributed by atoms with E-state index in [0.717, 1.165) is 0 Å². The van der Waals surface area contributed by atoms with E-state index in [9.17, 15) is 19.2 Å². The second-order valence-electron chi connectivity index (χ2n) is 6.57. The number of hydrogen-bond acceptors (Lipinski definition) is 6. The van der Waals surface area contributed by atoms with Crippen LogP contribution in [-0.4, -0.2) is 35.9 Å². The van der Waals surface area contributed by atoms with Gasteiger partial charge in [0.15, 0.2) is 0 Å². The number of ether oxygens (including phenoxy) is 1. The Hall–Kier alpha value is -1.92. The second-order valence-corrected chi connectivity index (χ2v) is 6.57. The molecule has 2 amide bonds. The van der Waals surface area contributed by atoms with Crippen LogP contribution in [0.1, 0.15) is 52.4 Å². The fourth-order valence-corrected chi connectivity index (χ4v) is 2.86. The Labute approximate surface area is 128 Å². The largest absolute Gasteiger partial charge is 0.469 e. The minimum atomic E-state index is -0.809. The first-order valence-electron chi connectivity index (χ1n) is 7.38. The molecule has 0 aromatic rings. The smallest absolute Gasteiger partial charge is 0.338 e. The van der Waals surface area contributed by atoms with Gasteiger partial charge in [0.1, 0.15) is 0 Å². The van der Waals surface area contributed by atoms with E-state index in [1.807, 2.05) is 6.92 Å². The maximum absolute atomic E-state index is 12.3. The van der Waals surface area contributed by atoms with Crippen molar-refractivity contribution in [1.82, 2.24) is 5.06 Å². The lowest BCUT2D eigenvalue weighted by molar-refractivity contribution is -0.207. The van der Waals surface area contributed by atoms with Crippen molar-refractivity contribution in [1.29, 1.82) is 0 Å². The van der Waals surface area contributed by atoms with Gasteiger partial charge in [-0.1, -0.05) is 0 Å². The number of nitrogens with zero attached hydrogens (tertiary/aromatic N) is 1. The number of carbonyl (C=O) groups excluding carboxylic acids is 4. The Balaban J connectivity index is 2.01. The standard InChI is InChI=1S/C15H21NO6/c1-14(12(19)21-3)6-8-15(2,9-7-14)13(20)22-16-10(17)4-5-11(16)18/h4-9H2,1-3H3/t14-,15+. The average Bonchev–Trinajstić information content (AvgIpc) is 2.81. The maximum Gasteiger partial charge on any atom is 0.338 e. The van der Waals surface area contributed by atoms with E-state index < -0.39 is 28.6 Å². The van der Waals surface area contributed by atoms with Gasteiger partial charge in [0, 0.05) is 12.8 Å². The lowest BCUT2D eigenvalue weighted by atomic mass is 9.65. The van der Waals surface area contributed by atoms with Crippen molar-refractivity contribution in [3.8, 4) is 0 Å². The van der Waals surface area contributed by atoms with E-state index in [-0.39, 0.29) is 18.8 Å². The molecule has 2 fully saturated rings. The Morgan fingerprint density at radius 1 is 0.909 bits per heavy atom. The number of hydroxylamine groups is 2. The van der Waals surface area contributed by atoms with E-state index >= 15 is 0 Å². The van der Waals surface area contributed by atoms with Gasteiger partial charge in [-0.3, -0.25) is 14.4 Å². The quantitative estimate of drug-likeness (QED) is 0.577. The molecule has 122 valence electrons. The maximum atomic E-state index is 12.3. The van der Waals surface area contributed by atoms with E-state index in [1.165, 1.54) is 7.11 Å². The molecular formula is C15H21NO6. The van der Waals surface area contributed by atoms with Crippen LogP contribution in [0.25, 0.3) is 0 Å². The number of rotatable bonds is 3. The Bertz CT molecular complexity index is 502. The van der Waals surface area contributed by atoms with Crippen LogP contribution in [0.15, 0.2) is 0 Å². The van der Waals surface area contributed by atoms with Crippen LogP contribution >= 0.6 is 0 Å². The molecule has 0 radical (unpaired) electrons. The van der Waals surface area contributed by atoms with E-state index in [1.54, 1.807) is 6.92 Å². The van der Waals surface area contributed by atoms with E-state index in [0.29, 0.717) is 30.7 Å². The molecule has 7 heteroatoms. The summed E-state index contributed by atoms with van der Waals surface area (Å²) < 4.78 is 4.80. The first kappa shape index (κ1) is 16.5. The summed E-state index contributed by atoms with van der Waals surface area (Å²) in [7, 11) is 1.35. The summed E-state index contributed by atoms with van der Waals surface area (Å²) in [5.41, 5.74) is -1.41. The minimum Gasteiger partial charge on any atom is -0.469 e. The summed E-state index contributed by atoms with van der Waals surface area (Å²) in [6.45, 7) is 3.55. The Morgan fingerprint density at radius 3 is 1.73 bits per heavy atom. The molecular weight excluding hydrogens is 290 g/mol. The highest BCUT2D eigenvalue weighted by Gasteiger charge is 2.48. The fraction of sp³-hybridized carbons (Fsp3) is 0.733. The molecule has 1 saturated carbocycles. The molecule has 22 heavy (non-hydrogen) atoms. The first-order valence-corrected chi connectivity index (χ1v) is 7.38. The number of hydrogen-bond donors (Lipinski definition) is 0. The van der Waals surface area contributed by atoms with Crippen molar-refractivity contribution in [2.75, 3.05) is 7.11 Å². The van der Waals surface area contributed by atoms with Gasteiger partial charge in [0.25, 0.3) is 11.8 Å². The number of esters is 1. The van der Waals surface area contributed by atoms with Crippen LogP contribution < -0.4 is 0 Å². The number of imide groups is 1. The van der Waals surface area contributed by atoms with Gasteiger partial charge < -0.3 is 9.57 Å². The SMILES string of the molecule is COC(=O)[C@]1(C)CC[C@](C)(C(=O)ON2C(=O)CCC2=O)CC1. The van der Waals surface area contributed by atoms with Crippen LogP contribution in [0.4, 0.5) is 0 Å². The molecule has 0 bridgehead atoms. The van der Waals surface area contributed by atoms with Crippen LogP contribution in [0.2, 0.25) is 0 Å². The highest BCUT2D eigenvalue weighted by Crippen LogP contribution is 2.46. The van der Waals surface area contributed by atoms with Crippen LogP contribution in [0, 0.1) is 10.8 Å². The monoisotopic (exact) mass is 311 g/mol. The second kappa shape index (κ2) is 5.70. The summed E-state index contributed by atoms with van der Waals surface area (Å²) in [6.07, 6.45) is 2.01. The summed E-state index contributed by atoms with van der Waals surface area (Å²) in [4.78, 5) is 52.2. The molecule has 0 atom stereocenters. The third-order valence-corrected chi connectivity index (χ3v) is 4.81. The van der Waals surface area contributed by atoms with Gasteiger partial charge in [0.2, 0.25) is 0 Å². The van der Waals surface area contributed by atoms with Crippen molar-refractivity contribution in [3.63, 3.8) is 0 Å². The van der Waals surface area contributed by atoms with Crippen molar-refractivity contribution < 1.29 is 28.8 Å². The molecule has 2 aliphatic rings. The molecule has 7 nitrogen and oxygen atoms in total. The fourth-order valence-electron chi connectivity index (χ4n) is 2.86. The van der Waals surface area contributed by atoms with E-state index in [4.69, 9.17) is 9.57 Å². The first-order chi connectivity index (χ1) is 10.2. The lowest BCUT2D eigenvalue weighted by Gasteiger charge is -2.39. The molecule has 1 aliphatic carbocycles. The summed E-state index contributed by atoms with van der Waals surface area (Å²) in [5, 5.41) is 0.571. The predicted octanol–water partition coefficient (Wildman–Crippen LogP) is 1.35. The molecule has 0 spiro atoms. The summed E-state index contributed by atoms with van der Waals surface area (Å²) in [5.74, 6) is -1.86. The predicted molar refractivity (Wildman–Crippen MR) is 73.9 cm³/mol. The number of carbonyl (C=O) groups is 4. The topological polar surface area (TPSA) is 90.0 Å². The van der Waals surface area contributed by atoms with Crippen LogP contribution in [0.5, 0.6) is 0 Å². The molecule has 0 aromatic heterocycles. The van der Waals surface area contributed by atoms with Crippen LogP contribution in [0.3, 0.4) is 0 Å². The summed E-state index contributed by atoms with van der Waals surface area (Å²) >= 11 is 0. The zero-order valence-electron chi connectivity index (χ0n) is 13.1. The van der Waals surface area contributed by atoms with Crippen molar-refractivity contribution in [2.45, 2.75) is 52.4 Å². The molecule has 1 saturated heterocycles. The van der Waals surface area contributed by atoms with Crippen LogP contribution in [-0.2, 0) is 28.8 Å². The van der Waals surface area contributed by atoms with Gasteiger partial charge in [0.05, 0.1) is 17.9 Å². The van der Waals surface area contributed by atoms with Gasteiger partial charge in [-0.05, 0) is 39.5 Å². The van der Waals surface area contributed by atoms with Gasteiger partial charge in [-0.25, -0.2) is 4.79 Å². The van der Waals surface area contributed by atoms with Gasteiger partial charge >= 0.3 is 11.9 Å². The van der Waals surface area contributed by atoms with E-state index in [2.05, 4.69) is 0 Å². The Kier molecular flexibility index (Phi) is 4.26. The third-order valence-electron chi connectivity index (χ3n) is 4.81. The highest BCUT2D eigenvalue weighted by atomic mass is 16.7. The number of amides is 2. The molecule has 1 aliphatic heterocycles. The zero-order valence-corrected chi connectivity index (χ0v) is 13.1. The Morgan fingerprint density at radius 2 is 1.32 bits per heavy atom.